The normalized spacial score (nSPS) is 50.3. The second-order valence-corrected chi connectivity index (χ2v) is 11.2. The van der Waals surface area contributed by atoms with Crippen LogP contribution in [-0.4, -0.2) is 57.8 Å². The number of hydrogen-bond donors (Lipinski definition) is 3. The molecule has 0 unspecified atom stereocenters. The van der Waals surface area contributed by atoms with Gasteiger partial charge in [-0.1, -0.05) is 27.4 Å². The van der Waals surface area contributed by atoms with Gasteiger partial charge in [-0.25, -0.2) is 0 Å². The van der Waals surface area contributed by atoms with E-state index in [-0.39, 0.29) is 11.8 Å². The molecular weight excluding hydrogens is 400 g/mol. The van der Waals surface area contributed by atoms with Crippen LogP contribution in [0.15, 0.2) is 12.2 Å². The summed E-state index contributed by atoms with van der Waals surface area (Å²) >= 11 is 0. The number of ether oxygens (including phenoxy) is 2. The number of esters is 2. The topological polar surface area (TPSA) is 113 Å². The fourth-order valence-electron chi connectivity index (χ4n) is 8.40. The number of carbonyl (C=O) groups excluding carboxylic acids is 2. The van der Waals surface area contributed by atoms with E-state index < -0.39 is 64.6 Å². The molecule has 4 rings (SSSR count). The van der Waals surface area contributed by atoms with Crippen LogP contribution in [0.25, 0.3) is 0 Å². The average Bonchev–Trinajstić information content (AvgIpc) is 2.83. The molecule has 0 radical (unpaired) electrons. The molecule has 4 aliphatic rings. The maximum atomic E-state index is 12.2. The van der Waals surface area contributed by atoms with E-state index in [1.807, 2.05) is 13.8 Å². The van der Waals surface area contributed by atoms with Crippen molar-refractivity contribution in [1.29, 1.82) is 0 Å². The van der Waals surface area contributed by atoms with E-state index in [1.165, 1.54) is 13.8 Å². The number of hydrogen-bond acceptors (Lipinski definition) is 7. The smallest absolute Gasteiger partial charge is 0.303 e. The van der Waals surface area contributed by atoms with Gasteiger partial charge in [0.05, 0.1) is 18.3 Å². The highest BCUT2D eigenvalue weighted by atomic mass is 16.6. The molecule has 10 atom stereocenters. The molecule has 7 nitrogen and oxygen atoms in total. The second-order valence-electron chi connectivity index (χ2n) is 11.2. The largest absolute Gasteiger partial charge is 0.458 e. The standard InChI is InChI=1S/C24H36O7/c1-11-14-9-15(27)18-23(6)8-7-16(28)22(4,5)19(23)17(30-12(2)25)21(31-13(3)26)24(18,10-14)20(11)29/h14-21,27-29H,1,7-10H2,2-6H3/t14-,15+,16+,17-,18+,19-,20+,21+,23+,24+/m1/s1. The van der Waals surface area contributed by atoms with E-state index in [4.69, 9.17) is 9.47 Å². The first-order valence-electron chi connectivity index (χ1n) is 11.4. The predicted molar refractivity (Wildman–Crippen MR) is 112 cm³/mol. The zero-order valence-electron chi connectivity index (χ0n) is 19.1. The molecule has 0 heterocycles. The Labute approximate surface area is 183 Å². The fourth-order valence-corrected chi connectivity index (χ4v) is 8.40. The minimum atomic E-state index is -0.991. The molecule has 1 spiro atoms. The molecule has 31 heavy (non-hydrogen) atoms. The van der Waals surface area contributed by atoms with Crippen molar-refractivity contribution >= 4 is 11.9 Å². The first-order valence-corrected chi connectivity index (χ1v) is 11.4. The second kappa shape index (κ2) is 7.03. The summed E-state index contributed by atoms with van der Waals surface area (Å²) in [4.78, 5) is 24.5. The van der Waals surface area contributed by atoms with Crippen LogP contribution in [0.4, 0.5) is 0 Å². The van der Waals surface area contributed by atoms with Crippen LogP contribution in [-0.2, 0) is 19.1 Å². The third-order valence-electron chi connectivity index (χ3n) is 9.26. The van der Waals surface area contributed by atoms with Gasteiger partial charge in [0.25, 0.3) is 0 Å². The van der Waals surface area contributed by atoms with Crippen LogP contribution < -0.4 is 0 Å². The molecule has 4 aliphatic carbocycles. The van der Waals surface area contributed by atoms with Crippen LogP contribution in [0.3, 0.4) is 0 Å². The molecule has 0 aromatic rings. The van der Waals surface area contributed by atoms with E-state index in [0.29, 0.717) is 31.3 Å². The molecule has 2 bridgehead atoms. The highest BCUT2D eigenvalue weighted by Gasteiger charge is 2.77. The lowest BCUT2D eigenvalue weighted by atomic mass is 9.38. The molecule has 7 heteroatoms. The quantitative estimate of drug-likeness (QED) is 0.448. The summed E-state index contributed by atoms with van der Waals surface area (Å²) in [6.45, 7) is 12.7. The van der Waals surface area contributed by atoms with Gasteiger partial charge in [-0.3, -0.25) is 9.59 Å². The van der Waals surface area contributed by atoms with Crippen LogP contribution in [0, 0.1) is 34.0 Å². The Balaban J connectivity index is 1.99. The fraction of sp³-hybridized carbons (Fsp3) is 0.833. The molecule has 4 fully saturated rings. The van der Waals surface area contributed by atoms with Crippen molar-refractivity contribution in [3.05, 3.63) is 12.2 Å². The van der Waals surface area contributed by atoms with Gasteiger partial charge < -0.3 is 24.8 Å². The first-order chi connectivity index (χ1) is 14.3. The van der Waals surface area contributed by atoms with Crippen molar-refractivity contribution in [3.8, 4) is 0 Å². The lowest BCUT2D eigenvalue weighted by Crippen LogP contribution is -2.74. The van der Waals surface area contributed by atoms with Gasteiger partial charge in [-0.2, -0.15) is 0 Å². The summed E-state index contributed by atoms with van der Waals surface area (Å²) < 4.78 is 11.8. The average molecular weight is 437 g/mol. The zero-order valence-corrected chi connectivity index (χ0v) is 19.1. The summed E-state index contributed by atoms with van der Waals surface area (Å²) in [5, 5.41) is 33.8. The molecule has 3 N–H and O–H groups in total. The van der Waals surface area contributed by atoms with Crippen LogP contribution in [0.5, 0.6) is 0 Å². The van der Waals surface area contributed by atoms with Crippen molar-refractivity contribution in [1.82, 2.24) is 0 Å². The van der Waals surface area contributed by atoms with Crippen LogP contribution in [0.1, 0.15) is 60.3 Å². The highest BCUT2D eigenvalue weighted by molar-refractivity contribution is 5.68. The number of fused-ring (bicyclic) bond motifs is 3. The third-order valence-corrected chi connectivity index (χ3v) is 9.26. The highest BCUT2D eigenvalue weighted by Crippen LogP contribution is 2.72. The summed E-state index contributed by atoms with van der Waals surface area (Å²) in [6.07, 6.45) is -1.93. The van der Waals surface area contributed by atoms with Crippen LogP contribution >= 0.6 is 0 Å². The lowest BCUT2D eigenvalue weighted by molar-refractivity contribution is -0.302. The Hall–Kier alpha value is -1.44. The Morgan fingerprint density at radius 3 is 2.23 bits per heavy atom. The maximum Gasteiger partial charge on any atom is 0.303 e. The van der Waals surface area contributed by atoms with Crippen molar-refractivity contribution in [2.24, 2.45) is 34.0 Å². The van der Waals surface area contributed by atoms with E-state index in [9.17, 15) is 24.9 Å². The monoisotopic (exact) mass is 436 g/mol. The van der Waals surface area contributed by atoms with Gasteiger partial charge in [0.1, 0.15) is 12.2 Å². The summed E-state index contributed by atoms with van der Waals surface area (Å²) in [5.41, 5.74) is -1.55. The molecule has 4 saturated carbocycles. The first kappa shape index (κ1) is 22.7. The van der Waals surface area contributed by atoms with Gasteiger partial charge >= 0.3 is 11.9 Å². The molecule has 0 aliphatic heterocycles. The Morgan fingerprint density at radius 1 is 1.03 bits per heavy atom. The van der Waals surface area contributed by atoms with E-state index in [0.717, 1.165) is 0 Å². The SMILES string of the molecule is C=C1[C@@H]2C[C@H](O)[C@H]3[C@]4(C)CC[C@H](O)C(C)(C)[C@H]4[C@@H](OC(C)=O)[C@H](OC(C)=O)[C@]3(C2)[C@H]1O. The summed E-state index contributed by atoms with van der Waals surface area (Å²) in [6, 6.07) is 0. The Kier molecular flexibility index (Phi) is 5.16. The van der Waals surface area contributed by atoms with Crippen LogP contribution in [0.2, 0.25) is 0 Å². The number of aliphatic hydroxyl groups excluding tert-OH is 3. The Morgan fingerprint density at radius 2 is 1.65 bits per heavy atom. The lowest BCUT2D eigenvalue weighted by Gasteiger charge is -2.68. The van der Waals surface area contributed by atoms with Gasteiger partial charge in [-0.05, 0) is 48.0 Å². The van der Waals surface area contributed by atoms with E-state index >= 15 is 0 Å². The molecule has 0 amide bonds. The minimum absolute atomic E-state index is 0.0837. The number of aliphatic hydroxyl groups is 3. The van der Waals surface area contributed by atoms with E-state index in [2.05, 4.69) is 13.5 Å². The minimum Gasteiger partial charge on any atom is -0.458 e. The molecule has 0 saturated heterocycles. The summed E-state index contributed by atoms with van der Waals surface area (Å²) in [5.74, 6) is -1.89. The number of rotatable bonds is 2. The van der Waals surface area contributed by atoms with Gasteiger partial charge in [-0.15, -0.1) is 0 Å². The molecular formula is C24H36O7. The van der Waals surface area contributed by atoms with Crippen molar-refractivity contribution < 1.29 is 34.4 Å². The predicted octanol–water partition coefficient (Wildman–Crippen LogP) is 1.97. The molecule has 0 aromatic carbocycles. The van der Waals surface area contributed by atoms with Crippen molar-refractivity contribution in [2.45, 2.75) is 90.8 Å². The van der Waals surface area contributed by atoms with Gasteiger partial charge in [0.2, 0.25) is 0 Å². The molecule has 0 aromatic heterocycles. The maximum absolute atomic E-state index is 12.2. The third kappa shape index (κ3) is 2.89. The van der Waals surface area contributed by atoms with Gasteiger partial charge in [0, 0.05) is 31.1 Å². The molecule has 174 valence electrons. The Bertz CT molecular complexity index is 806. The zero-order chi connectivity index (χ0) is 23.1. The summed E-state index contributed by atoms with van der Waals surface area (Å²) in [7, 11) is 0. The van der Waals surface area contributed by atoms with Crippen molar-refractivity contribution in [3.63, 3.8) is 0 Å². The van der Waals surface area contributed by atoms with E-state index in [1.54, 1.807) is 0 Å². The van der Waals surface area contributed by atoms with Crippen molar-refractivity contribution in [2.75, 3.05) is 0 Å². The van der Waals surface area contributed by atoms with Gasteiger partial charge in [0.15, 0.2) is 0 Å². The number of carbonyl (C=O) groups is 2.